The van der Waals surface area contributed by atoms with Crippen LogP contribution in [0.3, 0.4) is 0 Å². The average molecular weight is 471 g/mol. The van der Waals surface area contributed by atoms with Gasteiger partial charge in [0.1, 0.15) is 18.0 Å². The van der Waals surface area contributed by atoms with Crippen molar-refractivity contribution >= 4 is 23.4 Å². The zero-order chi connectivity index (χ0) is 24.5. The molecule has 2 saturated carbocycles. The molecule has 0 spiro atoms. The van der Waals surface area contributed by atoms with Crippen molar-refractivity contribution in [1.29, 1.82) is 0 Å². The summed E-state index contributed by atoms with van der Waals surface area (Å²) in [4.78, 5) is 40.0. The molecule has 180 valence electrons. The maximum Gasteiger partial charge on any atom is 0.244 e. The van der Waals surface area contributed by atoms with Crippen LogP contribution in [0.15, 0.2) is 60.7 Å². The van der Waals surface area contributed by atoms with Crippen LogP contribution in [-0.2, 0) is 19.8 Å². The van der Waals surface area contributed by atoms with Gasteiger partial charge in [0, 0.05) is 5.69 Å². The lowest BCUT2D eigenvalue weighted by Gasteiger charge is -2.37. The Morgan fingerprint density at radius 2 is 1.40 bits per heavy atom. The number of amides is 3. The smallest absolute Gasteiger partial charge is 0.244 e. The Morgan fingerprint density at radius 3 is 1.91 bits per heavy atom. The molecule has 0 radical (unpaired) electrons. The zero-order valence-corrected chi connectivity index (χ0v) is 20.2. The molecule has 1 heterocycles. The molecule has 0 aromatic heterocycles. The predicted molar refractivity (Wildman–Crippen MR) is 132 cm³/mol. The van der Waals surface area contributed by atoms with E-state index in [1.54, 1.807) is 24.3 Å². The largest absolute Gasteiger partial charge is 0.457 e. The lowest BCUT2D eigenvalue weighted by molar-refractivity contribution is -0.142. The molecule has 35 heavy (non-hydrogen) atoms. The highest BCUT2D eigenvalue weighted by atomic mass is 16.5. The van der Waals surface area contributed by atoms with Crippen LogP contribution in [0, 0.1) is 35.5 Å². The summed E-state index contributed by atoms with van der Waals surface area (Å²) in [6.45, 7) is 6.27. The van der Waals surface area contributed by atoms with Crippen molar-refractivity contribution in [3.63, 3.8) is 0 Å². The number of rotatable bonds is 5. The maximum atomic E-state index is 13.1. The predicted octanol–water partition coefficient (Wildman–Crippen LogP) is 4.77. The van der Waals surface area contributed by atoms with Crippen molar-refractivity contribution < 1.29 is 19.1 Å². The third-order valence-corrected chi connectivity index (χ3v) is 8.15. The monoisotopic (exact) mass is 470 g/mol. The van der Waals surface area contributed by atoms with Gasteiger partial charge in [-0.1, -0.05) is 45.1 Å². The first-order chi connectivity index (χ1) is 16.7. The van der Waals surface area contributed by atoms with Gasteiger partial charge in [-0.15, -0.1) is 0 Å². The van der Waals surface area contributed by atoms with E-state index in [-0.39, 0.29) is 53.4 Å². The molecule has 7 rings (SSSR count). The number of benzene rings is 2. The molecule has 2 bridgehead atoms. The first kappa shape index (κ1) is 22.1. The van der Waals surface area contributed by atoms with E-state index in [9.17, 15) is 14.4 Å². The number of anilines is 1. The van der Waals surface area contributed by atoms with Gasteiger partial charge in [-0.2, -0.15) is 0 Å². The summed E-state index contributed by atoms with van der Waals surface area (Å²) in [5, 5.41) is 2.81. The fourth-order valence-electron chi connectivity index (χ4n) is 6.28. The standard InChI is InChI=1S/C29H30N2O4/c1-29(2,3)16-4-8-18(9-5-16)35-19-10-6-17(7-11-19)30-24(32)15-31-27(33)25-20-12-13-21(23-14-22(20)23)26(25)28(31)34/h4-13,20-23,25-26H,14-15H2,1-3H3,(H,30,32)/t20-,21+,22-,23-,25+,26-/m1/s1. The minimum Gasteiger partial charge on any atom is -0.457 e. The van der Waals surface area contributed by atoms with Crippen LogP contribution in [0.4, 0.5) is 5.69 Å². The summed E-state index contributed by atoms with van der Waals surface area (Å²) >= 11 is 0. The van der Waals surface area contributed by atoms with E-state index < -0.39 is 0 Å². The van der Waals surface area contributed by atoms with Gasteiger partial charge in [-0.3, -0.25) is 19.3 Å². The van der Waals surface area contributed by atoms with Crippen LogP contribution in [0.1, 0.15) is 32.8 Å². The van der Waals surface area contributed by atoms with E-state index in [0.717, 1.165) is 12.2 Å². The molecule has 1 N–H and O–H groups in total. The Hall–Kier alpha value is -3.41. The van der Waals surface area contributed by atoms with E-state index in [4.69, 9.17) is 4.74 Å². The van der Waals surface area contributed by atoms with Crippen LogP contribution in [0.5, 0.6) is 11.5 Å². The molecular formula is C29H30N2O4. The number of likely N-dealkylation sites (tertiary alicyclic amines) is 1. The quantitative estimate of drug-likeness (QED) is 0.505. The highest BCUT2D eigenvalue weighted by molar-refractivity contribution is 6.09. The molecule has 1 aliphatic heterocycles. The fraction of sp³-hybridized carbons (Fsp3) is 0.414. The Balaban J connectivity index is 1.07. The average Bonchev–Trinajstić information content (AvgIpc) is 3.61. The molecule has 3 fully saturated rings. The number of carbonyl (C=O) groups is 3. The van der Waals surface area contributed by atoms with Gasteiger partial charge < -0.3 is 10.1 Å². The first-order valence-corrected chi connectivity index (χ1v) is 12.4. The van der Waals surface area contributed by atoms with Gasteiger partial charge in [0.05, 0.1) is 11.8 Å². The highest BCUT2D eigenvalue weighted by Crippen LogP contribution is 2.65. The molecule has 2 aromatic rings. The fourth-order valence-corrected chi connectivity index (χ4v) is 6.28. The van der Waals surface area contributed by atoms with Gasteiger partial charge in [0.25, 0.3) is 0 Å². The van der Waals surface area contributed by atoms with Crippen LogP contribution in [0.2, 0.25) is 0 Å². The highest BCUT2D eigenvalue weighted by Gasteiger charge is 2.67. The second-order valence-corrected chi connectivity index (χ2v) is 11.4. The number of hydrogen-bond acceptors (Lipinski definition) is 4. The molecule has 5 aliphatic rings. The van der Waals surface area contributed by atoms with Gasteiger partial charge in [0.2, 0.25) is 17.7 Å². The molecular weight excluding hydrogens is 440 g/mol. The lowest BCUT2D eigenvalue weighted by atomic mass is 9.63. The van der Waals surface area contributed by atoms with Crippen molar-refractivity contribution in [2.75, 3.05) is 11.9 Å². The SMILES string of the molecule is CC(C)(C)c1ccc(Oc2ccc(NC(=O)CN3C(=O)[C@@H]4[C@H]5C=C[C@H]([C@H]6C[C@H]56)[C@@H]4C3=O)cc2)cc1. The van der Waals surface area contributed by atoms with Gasteiger partial charge >= 0.3 is 0 Å². The third kappa shape index (κ3) is 3.76. The number of imide groups is 1. The van der Waals surface area contributed by atoms with E-state index >= 15 is 0 Å². The zero-order valence-electron chi connectivity index (χ0n) is 20.2. The molecule has 0 unspecified atom stereocenters. The van der Waals surface area contributed by atoms with Crippen LogP contribution in [0.25, 0.3) is 0 Å². The molecule has 6 nitrogen and oxygen atoms in total. The van der Waals surface area contributed by atoms with Crippen molar-refractivity contribution in [2.24, 2.45) is 35.5 Å². The van der Waals surface area contributed by atoms with Crippen molar-refractivity contribution in [2.45, 2.75) is 32.6 Å². The Bertz CT molecular complexity index is 1190. The summed E-state index contributed by atoms with van der Waals surface area (Å²) in [6.07, 6.45) is 5.40. The summed E-state index contributed by atoms with van der Waals surface area (Å²) in [5.74, 6) is 1.54. The van der Waals surface area contributed by atoms with Crippen LogP contribution < -0.4 is 10.1 Å². The normalized spacial score (nSPS) is 30.2. The number of carbonyl (C=O) groups excluding carboxylic acids is 3. The van der Waals surface area contributed by atoms with Crippen LogP contribution in [-0.4, -0.2) is 29.2 Å². The molecule has 3 amide bonds. The topological polar surface area (TPSA) is 75.7 Å². The van der Waals surface area contributed by atoms with E-state index in [2.05, 4.69) is 50.4 Å². The van der Waals surface area contributed by atoms with Gasteiger partial charge in [-0.05, 0) is 77.5 Å². The van der Waals surface area contributed by atoms with Crippen molar-refractivity contribution in [1.82, 2.24) is 4.90 Å². The third-order valence-electron chi connectivity index (χ3n) is 8.15. The van der Waals surface area contributed by atoms with Crippen molar-refractivity contribution in [3.8, 4) is 11.5 Å². The molecule has 6 atom stereocenters. The maximum absolute atomic E-state index is 13.1. The summed E-state index contributed by atoms with van der Waals surface area (Å²) in [5.41, 5.74) is 1.90. The van der Waals surface area contributed by atoms with Gasteiger partial charge in [0.15, 0.2) is 0 Å². The second-order valence-electron chi connectivity index (χ2n) is 11.4. The van der Waals surface area contributed by atoms with E-state index in [1.165, 1.54) is 10.5 Å². The minimum absolute atomic E-state index is 0.0809. The van der Waals surface area contributed by atoms with Gasteiger partial charge in [-0.25, -0.2) is 0 Å². The van der Waals surface area contributed by atoms with Crippen LogP contribution >= 0.6 is 0 Å². The van der Waals surface area contributed by atoms with E-state index in [1.807, 2.05) is 12.1 Å². The Labute approximate surface area is 205 Å². The Morgan fingerprint density at radius 1 is 0.886 bits per heavy atom. The number of hydrogen-bond donors (Lipinski definition) is 1. The molecule has 2 aromatic carbocycles. The first-order valence-electron chi connectivity index (χ1n) is 12.4. The number of nitrogens with zero attached hydrogens (tertiary/aromatic N) is 1. The Kier molecular flexibility index (Phi) is 4.92. The number of nitrogens with one attached hydrogen (secondary N) is 1. The minimum atomic E-state index is -0.373. The second kappa shape index (κ2) is 7.80. The molecule has 6 heteroatoms. The molecule has 4 aliphatic carbocycles. The van der Waals surface area contributed by atoms with E-state index in [0.29, 0.717) is 23.3 Å². The summed E-state index contributed by atoms with van der Waals surface area (Å²) < 4.78 is 5.92. The molecule has 1 saturated heterocycles. The number of allylic oxidation sites excluding steroid dienone is 2. The number of ether oxygens (including phenoxy) is 1. The van der Waals surface area contributed by atoms with Crippen molar-refractivity contribution in [3.05, 3.63) is 66.2 Å². The summed E-state index contributed by atoms with van der Waals surface area (Å²) in [7, 11) is 0. The summed E-state index contributed by atoms with van der Waals surface area (Å²) in [6, 6.07) is 15.1. The lowest BCUT2D eigenvalue weighted by Crippen LogP contribution is -2.40.